The molecule has 1 rings (SSSR count). The van der Waals surface area contributed by atoms with Crippen molar-refractivity contribution in [3.05, 3.63) is 16.8 Å². The predicted octanol–water partition coefficient (Wildman–Crippen LogP) is 2.26. The quantitative estimate of drug-likeness (QED) is 0.666. The second-order valence-electron chi connectivity index (χ2n) is 4.63. The van der Waals surface area contributed by atoms with E-state index in [1.807, 2.05) is 0 Å². The Bertz CT molecular complexity index is 397. The third kappa shape index (κ3) is 4.72. The molecule has 0 unspecified atom stereocenters. The van der Waals surface area contributed by atoms with Gasteiger partial charge in [-0.15, -0.1) is 5.10 Å². The van der Waals surface area contributed by atoms with Crippen molar-refractivity contribution in [1.29, 1.82) is 0 Å². The van der Waals surface area contributed by atoms with Crippen molar-refractivity contribution in [2.24, 2.45) is 5.73 Å². The lowest BCUT2D eigenvalue weighted by molar-refractivity contribution is 0.0957. The lowest BCUT2D eigenvalue weighted by atomic mass is 10.0. The summed E-state index contributed by atoms with van der Waals surface area (Å²) in [5.74, 6) is 0.556. The summed E-state index contributed by atoms with van der Waals surface area (Å²) in [6.07, 6.45) is 3.99. The number of ether oxygens (including phenoxy) is 2. The van der Waals surface area contributed by atoms with E-state index < -0.39 is 0 Å². The summed E-state index contributed by atoms with van der Waals surface area (Å²) in [6, 6.07) is 0. The Morgan fingerprint density at radius 2 is 1.75 bits per heavy atom. The molecule has 0 atom stereocenters. The van der Waals surface area contributed by atoms with Crippen molar-refractivity contribution in [1.82, 2.24) is 10.2 Å². The fraction of sp³-hybridized carbons (Fsp3) is 0.733. The van der Waals surface area contributed by atoms with Crippen LogP contribution < -0.4 is 10.5 Å². The summed E-state index contributed by atoms with van der Waals surface area (Å²) in [5.41, 5.74) is 9.01. The van der Waals surface area contributed by atoms with Gasteiger partial charge in [-0.25, -0.2) is 0 Å². The van der Waals surface area contributed by atoms with E-state index in [1.54, 1.807) is 0 Å². The minimum Gasteiger partial charge on any atom is -0.474 e. The molecule has 5 nitrogen and oxygen atoms in total. The minimum absolute atomic E-state index is 0.428. The molecule has 0 aliphatic carbocycles. The number of hydrogen-bond acceptors (Lipinski definition) is 5. The molecule has 0 saturated heterocycles. The van der Waals surface area contributed by atoms with Gasteiger partial charge in [-0.3, -0.25) is 0 Å². The number of aromatic nitrogens is 2. The Morgan fingerprint density at radius 3 is 2.35 bits per heavy atom. The molecule has 1 heterocycles. The molecule has 0 bridgehead atoms. The maximum absolute atomic E-state index is 5.84. The molecule has 0 aliphatic rings. The zero-order chi connectivity index (χ0) is 14.8. The van der Waals surface area contributed by atoms with Crippen LogP contribution in [0.5, 0.6) is 5.88 Å². The lowest BCUT2D eigenvalue weighted by Gasteiger charge is -2.14. The first kappa shape index (κ1) is 16.9. The molecule has 0 saturated carbocycles. The Morgan fingerprint density at radius 1 is 0.950 bits per heavy atom. The fourth-order valence-electron chi connectivity index (χ4n) is 2.10. The summed E-state index contributed by atoms with van der Waals surface area (Å²) in [5, 5.41) is 8.39. The molecular formula is C15H27N3O2. The molecule has 114 valence electrons. The van der Waals surface area contributed by atoms with Gasteiger partial charge in [0.25, 0.3) is 0 Å². The topological polar surface area (TPSA) is 70.3 Å². The van der Waals surface area contributed by atoms with E-state index in [0.29, 0.717) is 25.6 Å². The largest absolute Gasteiger partial charge is 0.474 e. The molecule has 1 aromatic rings. The maximum atomic E-state index is 5.84. The molecule has 0 spiro atoms. The minimum atomic E-state index is 0.428. The molecule has 0 amide bonds. The molecule has 1 aromatic heterocycles. The maximum Gasteiger partial charge on any atom is 0.238 e. The van der Waals surface area contributed by atoms with Crippen molar-refractivity contribution >= 4 is 0 Å². The van der Waals surface area contributed by atoms with E-state index in [1.165, 1.54) is 5.56 Å². The lowest BCUT2D eigenvalue weighted by Crippen LogP contribution is -2.14. The Labute approximate surface area is 121 Å². The number of aryl methyl sites for hydroxylation is 1. The van der Waals surface area contributed by atoms with Gasteiger partial charge >= 0.3 is 0 Å². The molecule has 0 fully saturated rings. The monoisotopic (exact) mass is 281 g/mol. The summed E-state index contributed by atoms with van der Waals surface area (Å²) in [7, 11) is 0. The van der Waals surface area contributed by atoms with E-state index in [0.717, 1.165) is 43.5 Å². The fourth-order valence-corrected chi connectivity index (χ4v) is 2.10. The van der Waals surface area contributed by atoms with Gasteiger partial charge in [-0.05, 0) is 24.8 Å². The number of unbranched alkanes of at least 4 members (excludes halogenated alkanes) is 1. The highest BCUT2D eigenvalue weighted by Gasteiger charge is 2.14. The van der Waals surface area contributed by atoms with Gasteiger partial charge in [0, 0.05) is 18.7 Å². The predicted molar refractivity (Wildman–Crippen MR) is 79.9 cm³/mol. The van der Waals surface area contributed by atoms with Crippen molar-refractivity contribution in [2.75, 3.05) is 19.8 Å². The zero-order valence-electron chi connectivity index (χ0n) is 12.9. The second-order valence-corrected chi connectivity index (χ2v) is 4.63. The Hall–Kier alpha value is -1.20. The van der Waals surface area contributed by atoms with Crippen LogP contribution >= 0.6 is 0 Å². The normalized spacial score (nSPS) is 10.8. The van der Waals surface area contributed by atoms with Gasteiger partial charge in [0.05, 0.1) is 12.3 Å². The van der Waals surface area contributed by atoms with Crippen LogP contribution in [0.4, 0.5) is 0 Å². The van der Waals surface area contributed by atoms with Crippen molar-refractivity contribution in [3.63, 3.8) is 0 Å². The zero-order valence-corrected chi connectivity index (χ0v) is 12.9. The third-order valence-corrected chi connectivity index (χ3v) is 3.23. The number of hydrogen-bond donors (Lipinski definition) is 1. The molecule has 0 radical (unpaired) electrons. The average molecular weight is 281 g/mol. The first-order chi connectivity index (χ1) is 9.78. The molecular weight excluding hydrogens is 254 g/mol. The van der Waals surface area contributed by atoms with Crippen LogP contribution in [0, 0.1) is 0 Å². The summed E-state index contributed by atoms with van der Waals surface area (Å²) >= 11 is 0. The molecule has 20 heavy (non-hydrogen) atoms. The Kier molecular flexibility index (Phi) is 8.14. The molecule has 0 aliphatic heterocycles. The van der Waals surface area contributed by atoms with Gasteiger partial charge < -0.3 is 15.2 Å². The third-order valence-electron chi connectivity index (χ3n) is 3.23. The average Bonchev–Trinajstić information content (AvgIpc) is 2.49. The smallest absolute Gasteiger partial charge is 0.238 e. The van der Waals surface area contributed by atoms with Crippen LogP contribution in [0.3, 0.4) is 0 Å². The van der Waals surface area contributed by atoms with Crippen LogP contribution in [0.25, 0.3) is 0 Å². The van der Waals surface area contributed by atoms with Gasteiger partial charge in [-0.2, -0.15) is 5.10 Å². The van der Waals surface area contributed by atoms with Crippen LogP contribution in [-0.4, -0.2) is 30.0 Å². The molecule has 2 N–H and O–H groups in total. The van der Waals surface area contributed by atoms with Crippen molar-refractivity contribution in [3.8, 4) is 5.88 Å². The molecule has 0 aromatic carbocycles. The standard InChI is InChI=1S/C15H27N3O2/c1-4-7-8-19-9-10-20-15-13(11-16)12(5-2)14(6-3)17-18-15/h4-11,16H2,1-3H3. The van der Waals surface area contributed by atoms with Gasteiger partial charge in [0.2, 0.25) is 5.88 Å². The van der Waals surface area contributed by atoms with E-state index in [2.05, 4.69) is 31.0 Å². The highest BCUT2D eigenvalue weighted by molar-refractivity contribution is 5.36. The van der Waals surface area contributed by atoms with Crippen LogP contribution in [-0.2, 0) is 24.1 Å². The number of nitrogens with zero attached hydrogens (tertiary/aromatic N) is 2. The Balaban J connectivity index is 2.61. The first-order valence-corrected chi connectivity index (χ1v) is 7.56. The summed E-state index contributed by atoms with van der Waals surface area (Å²) in [4.78, 5) is 0. The van der Waals surface area contributed by atoms with Crippen LogP contribution in [0.2, 0.25) is 0 Å². The van der Waals surface area contributed by atoms with E-state index in [-0.39, 0.29) is 0 Å². The second kappa shape index (κ2) is 9.66. The summed E-state index contributed by atoms with van der Waals surface area (Å²) < 4.78 is 11.1. The van der Waals surface area contributed by atoms with Crippen molar-refractivity contribution < 1.29 is 9.47 Å². The van der Waals surface area contributed by atoms with E-state index in [4.69, 9.17) is 15.2 Å². The highest BCUT2D eigenvalue weighted by atomic mass is 16.5. The summed E-state index contributed by atoms with van der Waals surface area (Å²) in [6.45, 7) is 8.59. The SMILES string of the molecule is CCCCOCCOc1nnc(CC)c(CC)c1CN. The van der Waals surface area contributed by atoms with Gasteiger partial charge in [0.1, 0.15) is 6.61 Å². The van der Waals surface area contributed by atoms with Crippen molar-refractivity contribution in [2.45, 2.75) is 53.0 Å². The van der Waals surface area contributed by atoms with E-state index in [9.17, 15) is 0 Å². The number of rotatable bonds is 10. The van der Waals surface area contributed by atoms with Gasteiger partial charge in [-0.1, -0.05) is 27.2 Å². The van der Waals surface area contributed by atoms with E-state index >= 15 is 0 Å². The number of nitrogens with two attached hydrogens (primary N) is 1. The first-order valence-electron chi connectivity index (χ1n) is 7.56. The van der Waals surface area contributed by atoms with Crippen LogP contribution in [0.1, 0.15) is 50.4 Å². The van der Waals surface area contributed by atoms with Gasteiger partial charge in [0.15, 0.2) is 0 Å². The van der Waals surface area contributed by atoms with Crippen LogP contribution in [0.15, 0.2) is 0 Å². The highest BCUT2D eigenvalue weighted by Crippen LogP contribution is 2.22. The molecule has 5 heteroatoms.